The fourth-order valence-corrected chi connectivity index (χ4v) is 2.54. The molecule has 94 valence electrons. The minimum absolute atomic E-state index is 0.334. The number of ether oxygens (including phenoxy) is 1. The molecule has 1 aromatic rings. The van der Waals surface area contributed by atoms with Crippen LogP contribution in [0.4, 0.5) is 0 Å². The third kappa shape index (κ3) is 3.38. The average Bonchev–Trinajstić information content (AvgIpc) is 2.70. The molecule has 0 saturated carbocycles. The molecule has 1 aliphatic heterocycles. The first-order valence-corrected chi connectivity index (χ1v) is 7.03. The molecule has 2 unspecified atom stereocenters. The highest BCUT2D eigenvalue weighted by atomic mass is 35.5. The van der Waals surface area contributed by atoms with E-state index in [2.05, 4.69) is 32.0 Å². The maximum Gasteiger partial charge on any atom is 0.123 e. The second-order valence-electron chi connectivity index (χ2n) is 4.99. The van der Waals surface area contributed by atoms with Crippen molar-refractivity contribution in [3.63, 3.8) is 0 Å². The summed E-state index contributed by atoms with van der Waals surface area (Å²) in [5.41, 5.74) is 2.69. The zero-order valence-corrected chi connectivity index (χ0v) is 11.5. The third-order valence-electron chi connectivity index (χ3n) is 3.44. The van der Waals surface area contributed by atoms with Gasteiger partial charge in [0, 0.05) is 11.8 Å². The Morgan fingerprint density at radius 1 is 1.47 bits per heavy atom. The van der Waals surface area contributed by atoms with E-state index in [1.165, 1.54) is 17.5 Å². The van der Waals surface area contributed by atoms with Crippen molar-refractivity contribution in [1.82, 2.24) is 0 Å². The molecule has 0 aromatic heterocycles. The molecule has 0 bridgehead atoms. The maximum atomic E-state index is 6.12. The third-order valence-corrected chi connectivity index (χ3v) is 3.97. The van der Waals surface area contributed by atoms with Crippen LogP contribution < -0.4 is 4.74 Å². The molecule has 0 radical (unpaired) electrons. The predicted octanol–water partition coefficient (Wildman–Crippen LogP) is 4.49. The van der Waals surface area contributed by atoms with Gasteiger partial charge in [-0.2, -0.15) is 0 Å². The van der Waals surface area contributed by atoms with Gasteiger partial charge in [0.05, 0.1) is 0 Å². The molecular weight excluding hydrogens is 232 g/mol. The standard InChI is InChI=1S/C15H21ClO/c1-3-13(16)5-4-6-14-10-12-9-11(2)7-8-15(12)17-14/h7-9,13-14H,3-6,10H2,1-2H3. The quantitative estimate of drug-likeness (QED) is 0.702. The maximum absolute atomic E-state index is 6.12. The van der Waals surface area contributed by atoms with Crippen LogP contribution in [-0.4, -0.2) is 11.5 Å². The topological polar surface area (TPSA) is 9.23 Å². The lowest BCUT2D eigenvalue weighted by atomic mass is 10.0. The van der Waals surface area contributed by atoms with Crippen LogP contribution in [-0.2, 0) is 6.42 Å². The second kappa shape index (κ2) is 5.77. The summed E-state index contributed by atoms with van der Waals surface area (Å²) in [7, 11) is 0. The van der Waals surface area contributed by atoms with Crippen molar-refractivity contribution < 1.29 is 4.74 Å². The van der Waals surface area contributed by atoms with Crippen LogP contribution in [0.5, 0.6) is 5.75 Å². The van der Waals surface area contributed by atoms with Crippen molar-refractivity contribution in [1.29, 1.82) is 0 Å². The van der Waals surface area contributed by atoms with Crippen molar-refractivity contribution in [3.8, 4) is 5.75 Å². The summed E-state index contributed by atoms with van der Waals surface area (Å²) in [6.45, 7) is 4.27. The Morgan fingerprint density at radius 2 is 2.29 bits per heavy atom. The second-order valence-corrected chi connectivity index (χ2v) is 5.61. The Balaban J connectivity index is 1.80. The largest absolute Gasteiger partial charge is 0.490 e. The Morgan fingerprint density at radius 3 is 3.06 bits per heavy atom. The van der Waals surface area contributed by atoms with E-state index in [1.54, 1.807) is 0 Å². The van der Waals surface area contributed by atoms with E-state index in [1.807, 2.05) is 0 Å². The zero-order chi connectivity index (χ0) is 12.3. The fourth-order valence-electron chi connectivity index (χ4n) is 2.38. The summed E-state index contributed by atoms with van der Waals surface area (Å²) in [6.07, 6.45) is 5.89. The van der Waals surface area contributed by atoms with Gasteiger partial charge in [0.1, 0.15) is 11.9 Å². The molecule has 0 amide bonds. The molecule has 1 nitrogen and oxygen atoms in total. The minimum atomic E-state index is 0.334. The van der Waals surface area contributed by atoms with Crippen LogP contribution in [0.1, 0.15) is 43.7 Å². The molecule has 0 spiro atoms. The molecule has 17 heavy (non-hydrogen) atoms. The Kier molecular flexibility index (Phi) is 4.33. The van der Waals surface area contributed by atoms with Crippen LogP contribution in [0.15, 0.2) is 18.2 Å². The van der Waals surface area contributed by atoms with E-state index in [0.29, 0.717) is 11.5 Å². The molecular formula is C15H21ClO. The summed E-state index contributed by atoms with van der Waals surface area (Å²) in [5, 5.41) is 0.334. The Bertz CT molecular complexity index is 375. The SMILES string of the molecule is CCC(Cl)CCCC1Cc2cc(C)ccc2O1. The number of benzene rings is 1. The Hall–Kier alpha value is -0.690. The number of rotatable bonds is 5. The van der Waals surface area contributed by atoms with Gasteiger partial charge < -0.3 is 4.74 Å². The summed E-state index contributed by atoms with van der Waals surface area (Å²) in [4.78, 5) is 0. The van der Waals surface area contributed by atoms with E-state index in [9.17, 15) is 0 Å². The Labute approximate surface area is 109 Å². The molecule has 2 atom stereocenters. The van der Waals surface area contributed by atoms with Crippen LogP contribution >= 0.6 is 11.6 Å². The monoisotopic (exact) mass is 252 g/mol. The molecule has 1 aromatic carbocycles. The van der Waals surface area contributed by atoms with Gasteiger partial charge in [0.15, 0.2) is 0 Å². The van der Waals surface area contributed by atoms with Gasteiger partial charge >= 0.3 is 0 Å². The van der Waals surface area contributed by atoms with E-state index >= 15 is 0 Å². The average molecular weight is 253 g/mol. The summed E-state index contributed by atoms with van der Waals surface area (Å²) < 4.78 is 5.93. The van der Waals surface area contributed by atoms with Gasteiger partial charge in [-0.15, -0.1) is 11.6 Å². The first-order valence-electron chi connectivity index (χ1n) is 6.59. The van der Waals surface area contributed by atoms with Crippen molar-refractivity contribution in [3.05, 3.63) is 29.3 Å². The van der Waals surface area contributed by atoms with Crippen molar-refractivity contribution >= 4 is 11.6 Å². The van der Waals surface area contributed by atoms with Crippen molar-refractivity contribution in [2.24, 2.45) is 0 Å². The first kappa shape index (κ1) is 12.8. The summed E-state index contributed by atoms with van der Waals surface area (Å²) >= 11 is 6.12. The molecule has 2 heteroatoms. The van der Waals surface area contributed by atoms with Crippen molar-refractivity contribution in [2.75, 3.05) is 0 Å². The highest BCUT2D eigenvalue weighted by Gasteiger charge is 2.22. The lowest BCUT2D eigenvalue weighted by Crippen LogP contribution is -2.13. The van der Waals surface area contributed by atoms with Gasteiger partial charge in [0.25, 0.3) is 0 Å². The molecule has 0 aliphatic carbocycles. The van der Waals surface area contributed by atoms with Crippen LogP contribution in [0.3, 0.4) is 0 Å². The lowest BCUT2D eigenvalue weighted by molar-refractivity contribution is 0.216. The van der Waals surface area contributed by atoms with Gasteiger partial charge in [-0.05, 0) is 44.2 Å². The highest BCUT2D eigenvalue weighted by Crippen LogP contribution is 2.31. The number of halogens is 1. The van der Waals surface area contributed by atoms with Crippen LogP contribution in [0, 0.1) is 6.92 Å². The molecule has 0 saturated heterocycles. The van der Waals surface area contributed by atoms with Gasteiger partial charge in [-0.3, -0.25) is 0 Å². The number of alkyl halides is 1. The molecule has 0 N–H and O–H groups in total. The summed E-state index contributed by atoms with van der Waals surface area (Å²) in [6, 6.07) is 6.46. The molecule has 1 heterocycles. The van der Waals surface area contributed by atoms with E-state index < -0.39 is 0 Å². The van der Waals surface area contributed by atoms with Gasteiger partial charge in [0.2, 0.25) is 0 Å². The minimum Gasteiger partial charge on any atom is -0.490 e. The zero-order valence-electron chi connectivity index (χ0n) is 10.7. The summed E-state index contributed by atoms with van der Waals surface area (Å²) in [5.74, 6) is 1.08. The number of hydrogen-bond donors (Lipinski definition) is 0. The number of hydrogen-bond acceptors (Lipinski definition) is 1. The van der Waals surface area contributed by atoms with Crippen LogP contribution in [0.2, 0.25) is 0 Å². The van der Waals surface area contributed by atoms with E-state index in [0.717, 1.165) is 31.4 Å². The van der Waals surface area contributed by atoms with E-state index in [-0.39, 0.29) is 0 Å². The lowest BCUT2D eigenvalue weighted by Gasteiger charge is -2.11. The molecule has 0 fully saturated rings. The predicted molar refractivity (Wildman–Crippen MR) is 73.1 cm³/mol. The van der Waals surface area contributed by atoms with Gasteiger partial charge in [-0.25, -0.2) is 0 Å². The van der Waals surface area contributed by atoms with Crippen molar-refractivity contribution in [2.45, 2.75) is 57.4 Å². The fraction of sp³-hybridized carbons (Fsp3) is 0.600. The van der Waals surface area contributed by atoms with E-state index in [4.69, 9.17) is 16.3 Å². The highest BCUT2D eigenvalue weighted by molar-refractivity contribution is 6.20. The first-order chi connectivity index (χ1) is 8.19. The number of aryl methyl sites for hydroxylation is 1. The van der Waals surface area contributed by atoms with Gasteiger partial charge in [-0.1, -0.05) is 24.6 Å². The molecule has 1 aliphatic rings. The van der Waals surface area contributed by atoms with Crippen LogP contribution in [0.25, 0.3) is 0 Å². The number of fused-ring (bicyclic) bond motifs is 1. The molecule has 2 rings (SSSR count). The smallest absolute Gasteiger partial charge is 0.123 e. The normalized spacial score (nSPS) is 19.8.